The third-order valence-corrected chi connectivity index (χ3v) is 5.82. The fourth-order valence-corrected chi connectivity index (χ4v) is 4.00. The second-order valence-corrected chi connectivity index (χ2v) is 7.88. The molecule has 1 heterocycles. The summed E-state index contributed by atoms with van der Waals surface area (Å²) < 4.78 is 11.9. The van der Waals surface area contributed by atoms with E-state index < -0.39 is 0 Å². The molecule has 0 saturated carbocycles. The average molecular weight is 390 g/mol. The number of hydrogen-bond donors (Lipinski definition) is 0. The summed E-state index contributed by atoms with van der Waals surface area (Å²) in [4.78, 5) is 25.6. The second-order valence-electron chi connectivity index (χ2n) is 7.88. The van der Waals surface area contributed by atoms with Crippen molar-refractivity contribution in [2.45, 2.75) is 58.5 Å². The summed E-state index contributed by atoms with van der Waals surface area (Å²) in [6.07, 6.45) is 9.17. The van der Waals surface area contributed by atoms with E-state index in [0.29, 0.717) is 27.5 Å². The predicted molar refractivity (Wildman–Crippen MR) is 115 cm³/mol. The number of esters is 1. The summed E-state index contributed by atoms with van der Waals surface area (Å²) in [5.41, 5.74) is 3.72. The summed E-state index contributed by atoms with van der Waals surface area (Å²) in [6.45, 7) is 3.94. The maximum absolute atomic E-state index is 13.0. The Balaban J connectivity index is 1.67. The van der Waals surface area contributed by atoms with Gasteiger partial charge in [-0.3, -0.25) is 9.59 Å². The van der Waals surface area contributed by atoms with E-state index in [1.165, 1.54) is 0 Å². The third kappa shape index (κ3) is 3.98. The number of para-hydroxylation sites is 1. The van der Waals surface area contributed by atoms with E-state index in [2.05, 4.69) is 12.2 Å². The molecule has 29 heavy (non-hydrogen) atoms. The van der Waals surface area contributed by atoms with Gasteiger partial charge in [0.2, 0.25) is 5.43 Å². The fourth-order valence-electron chi connectivity index (χ4n) is 4.00. The van der Waals surface area contributed by atoms with Gasteiger partial charge in [-0.2, -0.15) is 0 Å². The van der Waals surface area contributed by atoms with Crippen LogP contribution in [0, 0.1) is 13.8 Å². The quantitative estimate of drug-likeness (QED) is 0.335. The zero-order valence-electron chi connectivity index (χ0n) is 17.0. The fraction of sp³-hybridized carbons (Fsp3) is 0.360. The topological polar surface area (TPSA) is 56.5 Å². The van der Waals surface area contributed by atoms with Crippen LogP contribution in [0.1, 0.15) is 48.8 Å². The van der Waals surface area contributed by atoms with Crippen molar-refractivity contribution in [3.8, 4) is 0 Å². The number of aryl methyl sites for hydroxylation is 2. The van der Waals surface area contributed by atoms with Crippen molar-refractivity contribution in [1.82, 2.24) is 0 Å². The molecule has 0 N–H and O–H groups in total. The zero-order chi connectivity index (χ0) is 20.4. The van der Waals surface area contributed by atoms with Crippen LogP contribution in [0.15, 0.2) is 51.7 Å². The van der Waals surface area contributed by atoms with Crippen LogP contribution < -0.4 is 5.43 Å². The van der Waals surface area contributed by atoms with Gasteiger partial charge < -0.3 is 9.15 Å². The molecule has 0 amide bonds. The first-order chi connectivity index (χ1) is 14.0. The van der Waals surface area contributed by atoms with E-state index in [0.717, 1.165) is 43.2 Å². The molecular formula is C25H26O4. The molecule has 0 bridgehead atoms. The van der Waals surface area contributed by atoms with Crippen molar-refractivity contribution in [2.24, 2.45) is 0 Å². The zero-order valence-corrected chi connectivity index (χ0v) is 17.0. The Morgan fingerprint density at radius 2 is 1.83 bits per heavy atom. The molecule has 1 unspecified atom stereocenters. The minimum Gasteiger partial charge on any atom is -0.462 e. The number of benzene rings is 2. The smallest absolute Gasteiger partial charge is 0.310 e. The van der Waals surface area contributed by atoms with Crippen LogP contribution in [-0.4, -0.2) is 12.1 Å². The first-order valence-corrected chi connectivity index (χ1v) is 10.3. The number of fused-ring (bicyclic) bond motifs is 2. The lowest BCUT2D eigenvalue weighted by atomic mass is 10.0. The van der Waals surface area contributed by atoms with Gasteiger partial charge in [-0.1, -0.05) is 30.4 Å². The molecule has 150 valence electrons. The third-order valence-electron chi connectivity index (χ3n) is 5.82. The highest BCUT2D eigenvalue weighted by atomic mass is 16.5. The first kappa shape index (κ1) is 19.4. The summed E-state index contributed by atoms with van der Waals surface area (Å²) in [5.74, 6) is -0.268. The SMILES string of the molecule is Cc1ccc2c(=O)c3cccc(CC(=O)OC4CC/C=C/CCC4)c3oc2c1C. The second kappa shape index (κ2) is 8.24. The molecule has 1 aliphatic carbocycles. The van der Waals surface area contributed by atoms with E-state index >= 15 is 0 Å². The van der Waals surface area contributed by atoms with Crippen LogP contribution >= 0.6 is 0 Å². The number of allylic oxidation sites excluding steroid dienone is 2. The predicted octanol–water partition coefficient (Wildman–Crippen LogP) is 5.54. The molecule has 1 atom stereocenters. The summed E-state index contributed by atoms with van der Waals surface area (Å²) >= 11 is 0. The average Bonchev–Trinajstić information content (AvgIpc) is 2.68. The molecule has 1 aliphatic rings. The van der Waals surface area contributed by atoms with E-state index in [9.17, 15) is 9.59 Å². The maximum atomic E-state index is 13.0. The van der Waals surface area contributed by atoms with Crippen LogP contribution in [0.25, 0.3) is 21.9 Å². The first-order valence-electron chi connectivity index (χ1n) is 10.3. The highest BCUT2D eigenvalue weighted by Crippen LogP contribution is 2.26. The molecule has 4 rings (SSSR count). The van der Waals surface area contributed by atoms with Crippen LogP contribution in [-0.2, 0) is 16.0 Å². The number of carbonyl (C=O) groups excluding carboxylic acids is 1. The Hall–Kier alpha value is -2.88. The molecule has 0 aliphatic heterocycles. The highest BCUT2D eigenvalue weighted by molar-refractivity contribution is 5.93. The van der Waals surface area contributed by atoms with Crippen molar-refractivity contribution in [2.75, 3.05) is 0 Å². The molecule has 3 aromatic rings. The van der Waals surface area contributed by atoms with Gasteiger partial charge in [0, 0.05) is 5.56 Å². The standard InChI is InChI=1S/C25H26O4/c1-16-13-14-21-23(27)20-12-8-9-18(25(20)29-24(21)17(16)2)15-22(26)28-19-10-6-4-3-5-7-11-19/h3-4,8-9,12-14,19H,5-7,10-11,15H2,1-2H3/b4-3+. The van der Waals surface area contributed by atoms with Gasteiger partial charge in [0.1, 0.15) is 17.3 Å². The Kier molecular flexibility index (Phi) is 5.52. The maximum Gasteiger partial charge on any atom is 0.310 e. The summed E-state index contributed by atoms with van der Waals surface area (Å²) in [6, 6.07) is 9.14. The minimum absolute atomic E-state index is 0.0415. The van der Waals surface area contributed by atoms with Crippen LogP contribution in [0.2, 0.25) is 0 Å². The molecular weight excluding hydrogens is 364 g/mol. The molecule has 4 nitrogen and oxygen atoms in total. The van der Waals surface area contributed by atoms with Gasteiger partial charge in [-0.05, 0) is 69.2 Å². The molecule has 4 heteroatoms. The van der Waals surface area contributed by atoms with Crippen molar-refractivity contribution in [3.63, 3.8) is 0 Å². The van der Waals surface area contributed by atoms with Crippen LogP contribution in [0.4, 0.5) is 0 Å². The minimum atomic E-state index is -0.268. The van der Waals surface area contributed by atoms with Crippen molar-refractivity contribution in [1.29, 1.82) is 0 Å². The van der Waals surface area contributed by atoms with Gasteiger partial charge in [0.15, 0.2) is 0 Å². The van der Waals surface area contributed by atoms with Gasteiger partial charge in [-0.15, -0.1) is 0 Å². The monoisotopic (exact) mass is 390 g/mol. The number of hydrogen-bond acceptors (Lipinski definition) is 4. The Labute approximate surface area is 170 Å². The molecule has 0 saturated heterocycles. The molecule has 0 fully saturated rings. The van der Waals surface area contributed by atoms with Crippen LogP contribution in [0.3, 0.4) is 0 Å². The summed E-state index contributed by atoms with van der Waals surface area (Å²) in [7, 11) is 0. The largest absolute Gasteiger partial charge is 0.462 e. The van der Waals surface area contributed by atoms with Gasteiger partial charge in [0.25, 0.3) is 0 Å². The molecule has 0 spiro atoms. The molecule has 1 aromatic heterocycles. The molecule has 2 aromatic carbocycles. The highest BCUT2D eigenvalue weighted by Gasteiger charge is 2.18. The lowest BCUT2D eigenvalue weighted by Crippen LogP contribution is -2.20. The van der Waals surface area contributed by atoms with Gasteiger partial charge in [0.05, 0.1) is 17.2 Å². The Morgan fingerprint density at radius 1 is 1.03 bits per heavy atom. The Morgan fingerprint density at radius 3 is 2.69 bits per heavy atom. The normalized spacial score (nSPS) is 18.3. The van der Waals surface area contributed by atoms with E-state index in [1.807, 2.05) is 32.0 Å². The van der Waals surface area contributed by atoms with Crippen LogP contribution in [0.5, 0.6) is 0 Å². The summed E-state index contributed by atoms with van der Waals surface area (Å²) in [5, 5.41) is 1.07. The lowest BCUT2D eigenvalue weighted by molar-refractivity contribution is -0.148. The number of ether oxygens (including phenoxy) is 1. The van der Waals surface area contributed by atoms with E-state index in [1.54, 1.807) is 12.1 Å². The number of rotatable bonds is 3. The van der Waals surface area contributed by atoms with Crippen molar-refractivity contribution >= 4 is 27.9 Å². The van der Waals surface area contributed by atoms with Crippen molar-refractivity contribution < 1.29 is 13.9 Å². The van der Waals surface area contributed by atoms with E-state index in [-0.39, 0.29) is 23.9 Å². The van der Waals surface area contributed by atoms with Crippen molar-refractivity contribution in [3.05, 3.63) is 69.4 Å². The number of carbonyl (C=O) groups is 1. The Bertz CT molecular complexity index is 1150. The van der Waals surface area contributed by atoms with Gasteiger partial charge in [-0.25, -0.2) is 0 Å². The lowest BCUT2D eigenvalue weighted by Gasteiger charge is -2.18. The van der Waals surface area contributed by atoms with Gasteiger partial charge >= 0.3 is 5.97 Å². The molecule has 0 radical (unpaired) electrons. The van der Waals surface area contributed by atoms with E-state index in [4.69, 9.17) is 9.15 Å².